The molecule has 4 rings (SSSR count). The summed E-state index contributed by atoms with van der Waals surface area (Å²) in [7, 11) is 0. The molecule has 0 aromatic carbocycles. The minimum absolute atomic E-state index is 0.631. The molecule has 0 spiro atoms. The van der Waals surface area contributed by atoms with E-state index in [9.17, 15) is 0 Å². The molecule has 0 saturated heterocycles. The van der Waals surface area contributed by atoms with Gasteiger partial charge in [0.15, 0.2) is 11.5 Å². The monoisotopic (exact) mass is 278 g/mol. The van der Waals surface area contributed by atoms with Crippen molar-refractivity contribution in [3.63, 3.8) is 0 Å². The summed E-state index contributed by atoms with van der Waals surface area (Å²) in [5, 5.41) is 0. The lowest BCUT2D eigenvalue weighted by Gasteiger charge is -2.18. The highest BCUT2D eigenvalue weighted by Crippen LogP contribution is 2.29. The van der Waals surface area contributed by atoms with Gasteiger partial charge in [0, 0.05) is 12.4 Å². The van der Waals surface area contributed by atoms with Gasteiger partial charge in [0.1, 0.15) is 23.9 Å². The smallest absolute Gasteiger partial charge is 0.189 e. The molecule has 0 radical (unpaired) electrons. The second-order valence-electron chi connectivity index (χ2n) is 4.95. The first kappa shape index (κ1) is 12.0. The van der Waals surface area contributed by atoms with Gasteiger partial charge in [-0.2, -0.15) is 0 Å². The van der Waals surface area contributed by atoms with Gasteiger partial charge in [-0.3, -0.25) is 0 Å². The Kier molecular flexibility index (Phi) is 2.85. The van der Waals surface area contributed by atoms with E-state index in [4.69, 9.17) is 9.47 Å². The van der Waals surface area contributed by atoms with Crippen LogP contribution in [0, 0.1) is 0 Å². The minimum atomic E-state index is 0.631. The second kappa shape index (κ2) is 4.98. The van der Waals surface area contributed by atoms with Crippen LogP contribution in [0.4, 0.5) is 0 Å². The lowest BCUT2D eigenvalue weighted by Crippen LogP contribution is -2.03. The number of aromatic nitrogens is 2. The fraction of sp³-hybridized carbons (Fsp3) is 0.118. The van der Waals surface area contributed by atoms with Crippen molar-refractivity contribution in [2.45, 2.75) is 12.8 Å². The maximum Gasteiger partial charge on any atom is 0.189 e. The molecular formula is C17H14N2O2. The number of rotatable bonds is 2. The van der Waals surface area contributed by atoms with Crippen LogP contribution in [0.15, 0.2) is 72.7 Å². The Bertz CT molecular complexity index is 776. The first-order valence-electron chi connectivity index (χ1n) is 6.94. The third-order valence-electron chi connectivity index (χ3n) is 3.52. The van der Waals surface area contributed by atoms with E-state index >= 15 is 0 Å². The predicted molar refractivity (Wildman–Crippen MR) is 79.9 cm³/mol. The van der Waals surface area contributed by atoms with Crippen molar-refractivity contribution in [2.75, 3.05) is 0 Å². The van der Waals surface area contributed by atoms with Crippen molar-refractivity contribution in [1.29, 1.82) is 0 Å². The third-order valence-corrected chi connectivity index (χ3v) is 3.52. The number of ether oxygens (including phenoxy) is 2. The lowest BCUT2D eigenvalue weighted by molar-refractivity contribution is 0.284. The van der Waals surface area contributed by atoms with Crippen LogP contribution in [-0.2, 0) is 9.47 Å². The van der Waals surface area contributed by atoms with Crippen LogP contribution in [0.1, 0.15) is 18.5 Å². The molecule has 21 heavy (non-hydrogen) atoms. The molecule has 1 aliphatic heterocycles. The molecule has 2 aliphatic rings. The average molecular weight is 278 g/mol. The van der Waals surface area contributed by atoms with Gasteiger partial charge in [0.05, 0.1) is 0 Å². The van der Waals surface area contributed by atoms with Crippen molar-refractivity contribution >= 4 is 11.4 Å². The number of hydrogen-bond acceptors (Lipinski definition) is 3. The Morgan fingerprint density at radius 2 is 2.10 bits per heavy atom. The summed E-state index contributed by atoms with van der Waals surface area (Å²) >= 11 is 0. The topological polar surface area (TPSA) is 35.8 Å². The molecule has 2 aromatic rings. The molecule has 0 atom stereocenters. The number of nitrogens with zero attached hydrogens (tertiary/aromatic N) is 2. The number of fused-ring (bicyclic) bond motifs is 1. The van der Waals surface area contributed by atoms with Gasteiger partial charge in [0.25, 0.3) is 0 Å². The summed E-state index contributed by atoms with van der Waals surface area (Å²) in [6.45, 7) is 0. The van der Waals surface area contributed by atoms with Crippen molar-refractivity contribution in [3.05, 3.63) is 78.4 Å². The van der Waals surface area contributed by atoms with Gasteiger partial charge < -0.3 is 13.9 Å². The summed E-state index contributed by atoms with van der Waals surface area (Å²) in [6, 6.07) is 5.89. The van der Waals surface area contributed by atoms with E-state index in [0.29, 0.717) is 5.76 Å². The first-order valence-corrected chi connectivity index (χ1v) is 6.94. The SMILES string of the molecule is C1=CCCC(C2=COC=C(c3cn4ccccc4n3)O2)=C1. The summed E-state index contributed by atoms with van der Waals surface area (Å²) in [5.74, 6) is 1.39. The Morgan fingerprint density at radius 3 is 2.95 bits per heavy atom. The summed E-state index contributed by atoms with van der Waals surface area (Å²) in [4.78, 5) is 4.54. The van der Waals surface area contributed by atoms with Crippen LogP contribution >= 0.6 is 0 Å². The van der Waals surface area contributed by atoms with E-state index in [-0.39, 0.29) is 0 Å². The van der Waals surface area contributed by atoms with Crippen molar-refractivity contribution in [1.82, 2.24) is 9.38 Å². The van der Waals surface area contributed by atoms with E-state index in [2.05, 4.69) is 17.1 Å². The van der Waals surface area contributed by atoms with E-state index in [1.165, 1.54) is 0 Å². The molecule has 2 aromatic heterocycles. The van der Waals surface area contributed by atoms with E-state index in [0.717, 1.165) is 35.5 Å². The zero-order valence-electron chi connectivity index (χ0n) is 11.4. The largest absolute Gasteiger partial charge is 0.465 e. The van der Waals surface area contributed by atoms with Gasteiger partial charge in [-0.25, -0.2) is 4.98 Å². The Morgan fingerprint density at radius 1 is 1.14 bits per heavy atom. The van der Waals surface area contributed by atoms with E-state index < -0.39 is 0 Å². The normalized spacial score (nSPS) is 17.6. The number of allylic oxidation sites excluding steroid dienone is 4. The molecule has 4 heteroatoms. The number of pyridine rings is 1. The van der Waals surface area contributed by atoms with Gasteiger partial charge in [-0.15, -0.1) is 0 Å². The van der Waals surface area contributed by atoms with Crippen LogP contribution in [0.25, 0.3) is 11.4 Å². The predicted octanol–water partition coefficient (Wildman–Crippen LogP) is 3.80. The van der Waals surface area contributed by atoms with Gasteiger partial charge in [-0.1, -0.05) is 24.3 Å². The molecule has 0 unspecified atom stereocenters. The quantitative estimate of drug-likeness (QED) is 0.838. The van der Waals surface area contributed by atoms with Crippen molar-refractivity contribution in [2.24, 2.45) is 0 Å². The van der Waals surface area contributed by atoms with Gasteiger partial charge in [0.2, 0.25) is 0 Å². The average Bonchev–Trinajstić information content (AvgIpc) is 3.00. The molecule has 0 fully saturated rings. The third kappa shape index (κ3) is 2.25. The highest BCUT2D eigenvalue weighted by Gasteiger charge is 2.18. The van der Waals surface area contributed by atoms with Crippen molar-refractivity contribution < 1.29 is 9.47 Å². The maximum atomic E-state index is 5.96. The van der Waals surface area contributed by atoms with Crippen molar-refractivity contribution in [3.8, 4) is 0 Å². The zero-order valence-corrected chi connectivity index (χ0v) is 11.4. The Balaban J connectivity index is 1.63. The molecule has 0 bridgehead atoms. The molecule has 104 valence electrons. The molecule has 4 nitrogen and oxygen atoms in total. The molecule has 0 amide bonds. The first-order chi connectivity index (χ1) is 10.4. The van der Waals surface area contributed by atoms with E-state index in [1.807, 2.05) is 41.1 Å². The zero-order chi connectivity index (χ0) is 14.1. The highest BCUT2D eigenvalue weighted by molar-refractivity contribution is 5.61. The number of hydrogen-bond donors (Lipinski definition) is 0. The maximum absolute atomic E-state index is 5.96. The van der Waals surface area contributed by atoms with Gasteiger partial charge >= 0.3 is 0 Å². The van der Waals surface area contributed by atoms with Crippen LogP contribution in [0.5, 0.6) is 0 Å². The Hall–Kier alpha value is -2.75. The highest BCUT2D eigenvalue weighted by atomic mass is 16.5. The molecular weight excluding hydrogens is 264 g/mol. The molecule has 1 aliphatic carbocycles. The standard InChI is InChI=1S/C17H14N2O2/c1-2-6-13(7-3-1)15-11-20-12-16(21-15)14-10-19-9-5-4-8-17(19)18-14/h1-2,4-6,8-12H,3,7H2. The molecule has 3 heterocycles. The summed E-state index contributed by atoms with van der Waals surface area (Å²) in [6.07, 6.45) is 15.4. The van der Waals surface area contributed by atoms with Gasteiger partial charge in [-0.05, 0) is 30.5 Å². The second-order valence-corrected chi connectivity index (χ2v) is 4.95. The Labute approximate surface area is 122 Å². The minimum Gasteiger partial charge on any atom is -0.465 e. The van der Waals surface area contributed by atoms with Crippen LogP contribution in [0.3, 0.4) is 0 Å². The van der Waals surface area contributed by atoms with E-state index in [1.54, 1.807) is 12.5 Å². The summed E-state index contributed by atoms with van der Waals surface area (Å²) < 4.78 is 13.4. The van der Waals surface area contributed by atoms with Crippen LogP contribution < -0.4 is 0 Å². The molecule has 0 saturated carbocycles. The van der Waals surface area contributed by atoms with Crippen LogP contribution in [0.2, 0.25) is 0 Å². The fourth-order valence-electron chi connectivity index (χ4n) is 2.44. The summed E-state index contributed by atoms with van der Waals surface area (Å²) in [5.41, 5.74) is 2.79. The van der Waals surface area contributed by atoms with Crippen LogP contribution in [-0.4, -0.2) is 9.38 Å². The molecule has 0 N–H and O–H groups in total. The fourth-order valence-corrected chi connectivity index (χ4v) is 2.44. The number of imidazole rings is 1. The lowest BCUT2D eigenvalue weighted by atomic mass is 10.0.